The largest absolute Gasteiger partial charge is 0.360 e. The standard InChI is InChI=1S/C15H15Br2N3O4/c1-5-2-8(19-24-5)18-9(21)4-20-14(22)10-6-3-7(11(10)15(20)23)13(17)12(6)16/h2,6-7,10-13H,3-4H2,1H3,(H,18,19,21)/t6-,7+,10-,11-,12+,13+/m0/s1. The minimum absolute atomic E-state index is 0.145. The minimum Gasteiger partial charge on any atom is -0.360 e. The number of likely N-dealkylation sites (tertiary alicyclic amines) is 1. The molecule has 1 saturated heterocycles. The molecule has 0 unspecified atom stereocenters. The molecule has 2 bridgehead atoms. The Bertz CT molecular complexity index is 704. The van der Waals surface area contributed by atoms with Crippen LogP contribution in [0.1, 0.15) is 12.2 Å². The third kappa shape index (κ3) is 2.28. The van der Waals surface area contributed by atoms with Crippen molar-refractivity contribution in [3.63, 3.8) is 0 Å². The Balaban J connectivity index is 1.48. The van der Waals surface area contributed by atoms with Gasteiger partial charge in [0.15, 0.2) is 5.82 Å². The fraction of sp³-hybridized carbons (Fsp3) is 0.600. The molecule has 24 heavy (non-hydrogen) atoms. The molecule has 2 aliphatic carbocycles. The van der Waals surface area contributed by atoms with Gasteiger partial charge in [-0.2, -0.15) is 0 Å². The number of nitrogens with zero attached hydrogens (tertiary/aromatic N) is 2. The van der Waals surface area contributed by atoms with Crippen LogP contribution in [-0.2, 0) is 14.4 Å². The van der Waals surface area contributed by atoms with Gasteiger partial charge in [-0.3, -0.25) is 19.3 Å². The van der Waals surface area contributed by atoms with Gasteiger partial charge in [0, 0.05) is 15.7 Å². The van der Waals surface area contributed by atoms with Crippen LogP contribution >= 0.6 is 31.9 Å². The Kier molecular flexibility index (Phi) is 3.83. The third-order valence-electron chi connectivity index (χ3n) is 5.28. The minimum atomic E-state index is -0.455. The molecule has 3 amide bonds. The number of anilines is 1. The van der Waals surface area contributed by atoms with Gasteiger partial charge in [0.2, 0.25) is 17.7 Å². The second-order valence-electron chi connectivity index (χ2n) is 6.64. The Hall–Kier alpha value is -1.22. The number of carbonyl (C=O) groups excluding carboxylic acids is 3. The molecule has 3 aliphatic rings. The van der Waals surface area contributed by atoms with E-state index in [1.807, 2.05) is 0 Å². The van der Waals surface area contributed by atoms with Crippen molar-refractivity contribution in [2.24, 2.45) is 23.7 Å². The smallest absolute Gasteiger partial charge is 0.245 e. The van der Waals surface area contributed by atoms with Crippen LogP contribution in [0.5, 0.6) is 0 Å². The summed E-state index contributed by atoms with van der Waals surface area (Å²) in [4.78, 5) is 39.0. The number of fused-ring (bicyclic) bond motifs is 5. The number of hydrogen-bond acceptors (Lipinski definition) is 5. The molecule has 1 N–H and O–H groups in total. The zero-order valence-electron chi connectivity index (χ0n) is 12.7. The molecule has 2 heterocycles. The van der Waals surface area contributed by atoms with E-state index in [9.17, 15) is 14.4 Å². The normalized spacial score (nSPS) is 37.2. The van der Waals surface area contributed by atoms with Gasteiger partial charge in [0.25, 0.3) is 0 Å². The van der Waals surface area contributed by atoms with Crippen LogP contribution in [0.25, 0.3) is 0 Å². The van der Waals surface area contributed by atoms with Crippen LogP contribution < -0.4 is 5.32 Å². The summed E-state index contributed by atoms with van der Waals surface area (Å²) in [5.74, 6) is -0.386. The average Bonchev–Trinajstić information content (AvgIpc) is 3.23. The van der Waals surface area contributed by atoms with Crippen molar-refractivity contribution < 1.29 is 18.9 Å². The lowest BCUT2D eigenvalue weighted by Crippen LogP contribution is -2.39. The van der Waals surface area contributed by atoms with Crippen molar-refractivity contribution in [1.29, 1.82) is 0 Å². The number of halogens is 2. The predicted molar refractivity (Wildman–Crippen MR) is 90.6 cm³/mol. The van der Waals surface area contributed by atoms with Crippen LogP contribution in [0, 0.1) is 30.6 Å². The molecule has 0 spiro atoms. The molecule has 128 valence electrons. The lowest BCUT2D eigenvalue weighted by molar-refractivity contribution is -0.143. The van der Waals surface area contributed by atoms with E-state index in [0.29, 0.717) is 5.76 Å². The lowest BCUT2D eigenvalue weighted by atomic mass is 9.81. The number of aromatic nitrogens is 1. The number of carbonyl (C=O) groups is 3. The quantitative estimate of drug-likeness (QED) is 0.547. The SMILES string of the molecule is Cc1cc(NC(=O)CN2C(=O)[C@H]3[C@@H]4C[C@@H]([C@@H](Br)[C@@H]4Br)[C@@H]3C2=O)no1. The van der Waals surface area contributed by atoms with Gasteiger partial charge >= 0.3 is 0 Å². The first-order valence-electron chi connectivity index (χ1n) is 7.75. The second kappa shape index (κ2) is 5.66. The number of amides is 3. The molecule has 2 saturated carbocycles. The summed E-state index contributed by atoms with van der Waals surface area (Å²) in [5.41, 5.74) is 0. The fourth-order valence-corrected chi connectivity index (χ4v) is 6.19. The highest BCUT2D eigenvalue weighted by atomic mass is 79.9. The van der Waals surface area contributed by atoms with Gasteiger partial charge in [0.05, 0.1) is 11.8 Å². The molecule has 6 atom stereocenters. The second-order valence-corrected chi connectivity index (χ2v) is 8.75. The van der Waals surface area contributed by atoms with E-state index in [4.69, 9.17) is 4.52 Å². The zero-order valence-corrected chi connectivity index (χ0v) is 15.9. The van der Waals surface area contributed by atoms with Crippen LogP contribution in [0.15, 0.2) is 10.6 Å². The van der Waals surface area contributed by atoms with E-state index < -0.39 is 5.91 Å². The van der Waals surface area contributed by atoms with Crippen molar-refractivity contribution in [3.8, 4) is 0 Å². The summed E-state index contributed by atoms with van der Waals surface area (Å²) in [6.07, 6.45) is 0.872. The van der Waals surface area contributed by atoms with Crippen molar-refractivity contribution in [2.45, 2.75) is 23.0 Å². The Morgan fingerprint density at radius 3 is 2.38 bits per heavy atom. The van der Waals surface area contributed by atoms with Crippen LogP contribution in [0.4, 0.5) is 5.82 Å². The molecule has 7 nitrogen and oxygen atoms in total. The Labute approximate surface area is 154 Å². The first-order chi connectivity index (χ1) is 11.4. The topological polar surface area (TPSA) is 92.5 Å². The first kappa shape index (κ1) is 16.3. The maximum Gasteiger partial charge on any atom is 0.245 e. The molecule has 1 aromatic heterocycles. The number of hydrogen-bond donors (Lipinski definition) is 1. The maximum absolute atomic E-state index is 12.7. The molecule has 0 aromatic carbocycles. The summed E-state index contributed by atoms with van der Waals surface area (Å²) >= 11 is 7.27. The summed E-state index contributed by atoms with van der Waals surface area (Å²) in [6, 6.07) is 1.57. The average molecular weight is 461 g/mol. The Morgan fingerprint density at radius 1 is 1.29 bits per heavy atom. The Morgan fingerprint density at radius 2 is 1.88 bits per heavy atom. The summed E-state index contributed by atoms with van der Waals surface area (Å²) < 4.78 is 4.88. The highest BCUT2D eigenvalue weighted by molar-refractivity contribution is 9.12. The monoisotopic (exact) mass is 459 g/mol. The molecular weight excluding hydrogens is 446 g/mol. The highest BCUT2D eigenvalue weighted by Crippen LogP contribution is 2.60. The van der Waals surface area contributed by atoms with Crippen molar-refractivity contribution in [3.05, 3.63) is 11.8 Å². The predicted octanol–water partition coefficient (Wildman–Crippen LogP) is 1.70. The number of imide groups is 1. The van der Waals surface area contributed by atoms with Crippen LogP contribution in [-0.4, -0.2) is 44.0 Å². The van der Waals surface area contributed by atoms with Gasteiger partial charge in [-0.05, 0) is 25.2 Å². The van der Waals surface area contributed by atoms with Crippen molar-refractivity contribution >= 4 is 55.4 Å². The molecule has 4 rings (SSSR count). The first-order valence-corrected chi connectivity index (χ1v) is 9.58. The summed E-state index contributed by atoms with van der Waals surface area (Å²) in [7, 11) is 0. The zero-order chi connectivity index (χ0) is 17.2. The maximum atomic E-state index is 12.7. The van der Waals surface area contributed by atoms with E-state index >= 15 is 0 Å². The van der Waals surface area contributed by atoms with Crippen molar-refractivity contribution in [1.82, 2.24) is 10.1 Å². The molecule has 0 radical (unpaired) electrons. The number of aryl methyl sites for hydroxylation is 1. The van der Waals surface area contributed by atoms with Gasteiger partial charge < -0.3 is 9.84 Å². The van der Waals surface area contributed by atoms with Crippen LogP contribution in [0.3, 0.4) is 0 Å². The van der Waals surface area contributed by atoms with Gasteiger partial charge in [0.1, 0.15) is 12.3 Å². The number of alkyl halides is 2. The summed E-state index contributed by atoms with van der Waals surface area (Å²) in [6.45, 7) is 1.43. The van der Waals surface area contributed by atoms with E-state index in [1.165, 1.54) is 0 Å². The van der Waals surface area contributed by atoms with Crippen LogP contribution in [0.2, 0.25) is 0 Å². The number of rotatable bonds is 3. The summed E-state index contributed by atoms with van der Waals surface area (Å²) in [5, 5.41) is 6.22. The van der Waals surface area contributed by atoms with Gasteiger partial charge in [-0.25, -0.2) is 0 Å². The van der Waals surface area contributed by atoms with Crippen molar-refractivity contribution in [2.75, 3.05) is 11.9 Å². The fourth-order valence-electron chi connectivity index (χ4n) is 4.32. The third-order valence-corrected chi connectivity index (χ3v) is 8.48. The molecule has 3 fully saturated rings. The molecule has 1 aromatic rings. The highest BCUT2D eigenvalue weighted by Gasteiger charge is 2.66. The van der Waals surface area contributed by atoms with Gasteiger partial charge in [-0.15, -0.1) is 0 Å². The lowest BCUT2D eigenvalue weighted by Gasteiger charge is -2.28. The molecule has 1 aliphatic heterocycles. The van der Waals surface area contributed by atoms with E-state index in [2.05, 4.69) is 42.3 Å². The molecule has 9 heteroatoms. The number of nitrogens with one attached hydrogen (secondary N) is 1. The van der Waals surface area contributed by atoms with E-state index in [0.717, 1.165) is 11.3 Å². The van der Waals surface area contributed by atoms with E-state index in [-0.39, 0.29) is 57.5 Å². The molecular formula is C15H15Br2N3O4. The van der Waals surface area contributed by atoms with E-state index in [1.54, 1.807) is 13.0 Å². The van der Waals surface area contributed by atoms with Gasteiger partial charge in [-0.1, -0.05) is 37.0 Å².